The molecule has 0 spiro atoms. The molecule has 0 aliphatic heterocycles. The van der Waals surface area contributed by atoms with E-state index in [2.05, 4.69) is 15.6 Å². The largest absolute Gasteiger partial charge is 0.491 e. The second-order valence-corrected chi connectivity index (χ2v) is 6.83. The van der Waals surface area contributed by atoms with Gasteiger partial charge in [-0.25, -0.2) is 0 Å². The molecule has 1 amide bonds. The van der Waals surface area contributed by atoms with Crippen LogP contribution >= 0.6 is 0 Å². The summed E-state index contributed by atoms with van der Waals surface area (Å²) in [7, 11) is 0. The summed E-state index contributed by atoms with van der Waals surface area (Å²) in [6, 6.07) is 17.8. The molecule has 0 unspecified atom stereocenters. The van der Waals surface area contributed by atoms with Crippen LogP contribution in [0.5, 0.6) is 5.75 Å². The Bertz CT molecular complexity index is 997. The Morgan fingerprint density at radius 1 is 0.897 bits per heavy atom. The molecule has 6 nitrogen and oxygen atoms in total. The molecular formula is C23H23N3O3. The van der Waals surface area contributed by atoms with Crippen molar-refractivity contribution in [2.45, 2.75) is 26.9 Å². The van der Waals surface area contributed by atoms with Gasteiger partial charge in [-0.3, -0.25) is 14.6 Å². The van der Waals surface area contributed by atoms with Crippen LogP contribution in [-0.2, 0) is 0 Å². The predicted octanol–water partition coefficient (Wildman–Crippen LogP) is 5.07. The summed E-state index contributed by atoms with van der Waals surface area (Å²) in [6.45, 7) is 5.45. The first-order chi connectivity index (χ1) is 13.9. The van der Waals surface area contributed by atoms with E-state index in [-0.39, 0.29) is 23.5 Å². The fraction of sp³-hybridized carbons (Fsp3) is 0.174. The molecule has 6 heteroatoms. The minimum Gasteiger partial charge on any atom is -0.491 e. The zero-order valence-corrected chi connectivity index (χ0v) is 16.6. The lowest BCUT2D eigenvalue weighted by atomic mass is 10.1. The number of rotatable bonds is 7. The van der Waals surface area contributed by atoms with Crippen LogP contribution in [0.15, 0.2) is 66.9 Å². The van der Waals surface area contributed by atoms with Crippen molar-refractivity contribution in [3.63, 3.8) is 0 Å². The minimum atomic E-state index is -0.307. The quantitative estimate of drug-likeness (QED) is 0.552. The van der Waals surface area contributed by atoms with E-state index < -0.39 is 0 Å². The van der Waals surface area contributed by atoms with Crippen LogP contribution in [-0.4, -0.2) is 22.8 Å². The number of nitrogens with zero attached hydrogens (tertiary/aromatic N) is 1. The maximum atomic E-state index is 12.5. The Labute approximate surface area is 169 Å². The smallest absolute Gasteiger partial charge is 0.274 e. The third-order valence-corrected chi connectivity index (χ3v) is 4.06. The number of amides is 1. The average molecular weight is 389 g/mol. The molecule has 0 atom stereocenters. The standard InChI is InChI=1S/C23H23N3O3/c1-15(2)29-21-10-8-19(9-11-21)26-23(28)22-14-20(12-13-24-22)25-18-6-4-17(5-7-18)16(3)27/h4-15H,1-3H3,(H,24,25)(H,26,28). The SMILES string of the molecule is CC(=O)c1ccc(Nc2ccnc(C(=O)Nc3ccc(OC(C)C)cc3)c2)cc1. The zero-order chi connectivity index (χ0) is 20.8. The Morgan fingerprint density at radius 2 is 1.55 bits per heavy atom. The van der Waals surface area contributed by atoms with E-state index in [0.29, 0.717) is 11.3 Å². The Kier molecular flexibility index (Phi) is 6.24. The third-order valence-electron chi connectivity index (χ3n) is 4.06. The van der Waals surface area contributed by atoms with E-state index in [0.717, 1.165) is 17.1 Å². The normalized spacial score (nSPS) is 10.5. The van der Waals surface area contributed by atoms with E-state index in [1.165, 1.54) is 6.92 Å². The monoisotopic (exact) mass is 389 g/mol. The van der Waals surface area contributed by atoms with Crippen molar-refractivity contribution in [3.05, 3.63) is 78.1 Å². The van der Waals surface area contributed by atoms with Crippen molar-refractivity contribution in [1.82, 2.24) is 4.98 Å². The molecule has 0 saturated heterocycles. The van der Waals surface area contributed by atoms with Crippen molar-refractivity contribution in [2.75, 3.05) is 10.6 Å². The van der Waals surface area contributed by atoms with Gasteiger partial charge in [-0.2, -0.15) is 0 Å². The highest BCUT2D eigenvalue weighted by atomic mass is 16.5. The maximum absolute atomic E-state index is 12.5. The molecule has 3 rings (SSSR count). The van der Waals surface area contributed by atoms with Crippen molar-refractivity contribution in [2.24, 2.45) is 0 Å². The van der Waals surface area contributed by atoms with Crippen LogP contribution in [0, 0.1) is 0 Å². The van der Waals surface area contributed by atoms with Gasteiger partial charge in [0, 0.05) is 28.8 Å². The van der Waals surface area contributed by atoms with Gasteiger partial charge in [-0.1, -0.05) is 0 Å². The molecule has 1 aromatic heterocycles. The van der Waals surface area contributed by atoms with Gasteiger partial charge < -0.3 is 15.4 Å². The van der Waals surface area contributed by atoms with Crippen LogP contribution in [0.25, 0.3) is 0 Å². The van der Waals surface area contributed by atoms with Gasteiger partial charge in [0.1, 0.15) is 11.4 Å². The number of carbonyl (C=O) groups is 2. The van der Waals surface area contributed by atoms with Crippen molar-refractivity contribution >= 4 is 28.8 Å². The maximum Gasteiger partial charge on any atom is 0.274 e. The molecular weight excluding hydrogens is 366 g/mol. The van der Waals surface area contributed by atoms with E-state index in [1.807, 2.05) is 38.1 Å². The van der Waals surface area contributed by atoms with Crippen LogP contribution in [0.2, 0.25) is 0 Å². The van der Waals surface area contributed by atoms with E-state index in [4.69, 9.17) is 4.74 Å². The zero-order valence-electron chi connectivity index (χ0n) is 16.6. The molecule has 2 N–H and O–H groups in total. The highest BCUT2D eigenvalue weighted by Crippen LogP contribution is 2.20. The second-order valence-electron chi connectivity index (χ2n) is 6.83. The highest BCUT2D eigenvalue weighted by Gasteiger charge is 2.09. The molecule has 0 aliphatic rings. The van der Waals surface area contributed by atoms with E-state index in [9.17, 15) is 9.59 Å². The van der Waals surface area contributed by atoms with E-state index in [1.54, 1.807) is 42.6 Å². The first kappa shape index (κ1) is 20.1. The fourth-order valence-corrected chi connectivity index (χ4v) is 2.67. The van der Waals surface area contributed by atoms with Crippen LogP contribution in [0.4, 0.5) is 17.1 Å². The van der Waals surface area contributed by atoms with Crippen LogP contribution in [0.1, 0.15) is 41.6 Å². The number of benzene rings is 2. The molecule has 0 bridgehead atoms. The number of carbonyl (C=O) groups excluding carboxylic acids is 2. The lowest BCUT2D eigenvalue weighted by molar-refractivity contribution is 0.101. The van der Waals surface area contributed by atoms with Crippen molar-refractivity contribution in [1.29, 1.82) is 0 Å². The number of pyridine rings is 1. The lowest BCUT2D eigenvalue weighted by Gasteiger charge is -2.11. The molecule has 2 aromatic carbocycles. The summed E-state index contributed by atoms with van der Waals surface area (Å²) in [5.74, 6) is 0.458. The molecule has 0 aliphatic carbocycles. The van der Waals surface area contributed by atoms with Gasteiger partial charge in [0.05, 0.1) is 6.10 Å². The molecule has 0 fully saturated rings. The van der Waals surface area contributed by atoms with Gasteiger partial charge in [0.25, 0.3) is 5.91 Å². The summed E-state index contributed by atoms with van der Waals surface area (Å²) < 4.78 is 5.60. The molecule has 0 radical (unpaired) electrons. The summed E-state index contributed by atoms with van der Waals surface area (Å²) in [5.41, 5.74) is 3.13. The number of hydrogen-bond donors (Lipinski definition) is 2. The van der Waals surface area contributed by atoms with Gasteiger partial charge in [0.2, 0.25) is 0 Å². The Hall–Kier alpha value is -3.67. The summed E-state index contributed by atoms with van der Waals surface area (Å²) in [4.78, 5) is 28.1. The van der Waals surface area contributed by atoms with Crippen LogP contribution < -0.4 is 15.4 Å². The van der Waals surface area contributed by atoms with E-state index >= 15 is 0 Å². The van der Waals surface area contributed by atoms with Gasteiger partial charge >= 0.3 is 0 Å². The van der Waals surface area contributed by atoms with Gasteiger partial charge in [0.15, 0.2) is 5.78 Å². The molecule has 148 valence electrons. The number of aromatic nitrogens is 1. The number of ketones is 1. The first-order valence-electron chi connectivity index (χ1n) is 9.33. The fourth-order valence-electron chi connectivity index (χ4n) is 2.67. The second kappa shape index (κ2) is 9.01. The lowest BCUT2D eigenvalue weighted by Crippen LogP contribution is -2.14. The minimum absolute atomic E-state index is 0.0169. The molecule has 3 aromatic rings. The van der Waals surface area contributed by atoms with Crippen molar-refractivity contribution < 1.29 is 14.3 Å². The third kappa shape index (κ3) is 5.65. The Morgan fingerprint density at radius 3 is 2.17 bits per heavy atom. The average Bonchev–Trinajstić information content (AvgIpc) is 2.70. The van der Waals surface area contributed by atoms with Crippen LogP contribution in [0.3, 0.4) is 0 Å². The van der Waals surface area contributed by atoms with Gasteiger partial charge in [-0.15, -0.1) is 0 Å². The highest BCUT2D eigenvalue weighted by molar-refractivity contribution is 6.03. The number of hydrogen-bond acceptors (Lipinski definition) is 5. The Balaban J connectivity index is 1.66. The summed E-state index contributed by atoms with van der Waals surface area (Å²) in [6.07, 6.45) is 1.66. The number of Topliss-reactive ketones (excluding diaryl/α,β-unsaturated/α-hetero) is 1. The van der Waals surface area contributed by atoms with Crippen molar-refractivity contribution in [3.8, 4) is 5.75 Å². The summed E-state index contributed by atoms with van der Waals surface area (Å²) in [5, 5.41) is 6.03. The molecule has 29 heavy (non-hydrogen) atoms. The van der Waals surface area contributed by atoms with Gasteiger partial charge in [-0.05, 0) is 81.4 Å². The number of ether oxygens (including phenoxy) is 1. The first-order valence-corrected chi connectivity index (χ1v) is 9.33. The predicted molar refractivity (Wildman–Crippen MR) is 114 cm³/mol. The molecule has 1 heterocycles. The topological polar surface area (TPSA) is 80.3 Å². The summed E-state index contributed by atoms with van der Waals surface area (Å²) >= 11 is 0. The molecule has 0 saturated carbocycles. The number of anilines is 3. The number of nitrogens with one attached hydrogen (secondary N) is 2.